The Bertz CT molecular complexity index is 212. The van der Waals surface area contributed by atoms with Gasteiger partial charge in [-0.2, -0.15) is 0 Å². The smallest absolute Gasteiger partial charge is 0.0271 e. The number of hydrogen-bond acceptors (Lipinski definition) is 0. The van der Waals surface area contributed by atoms with Crippen LogP contribution in [0.25, 0.3) is 0 Å². The Morgan fingerprint density at radius 3 is 2.07 bits per heavy atom. The lowest BCUT2D eigenvalue weighted by Gasteiger charge is -2.28. The van der Waals surface area contributed by atoms with E-state index in [0.717, 1.165) is 0 Å². The SMILES string of the molecule is CC1=CCCC(C)(C)C1.CC=C(C)C. The second kappa shape index (κ2) is 6.06. The van der Waals surface area contributed by atoms with Gasteiger partial charge in [0.1, 0.15) is 0 Å². The Kier molecular flexibility index (Phi) is 5.83. The maximum absolute atomic E-state index is 2.37. The van der Waals surface area contributed by atoms with Crippen LogP contribution in [-0.4, -0.2) is 0 Å². The third-order valence-corrected chi connectivity index (χ3v) is 2.65. The molecule has 0 bridgehead atoms. The van der Waals surface area contributed by atoms with E-state index in [0.29, 0.717) is 5.41 Å². The molecule has 0 aromatic carbocycles. The first-order chi connectivity index (χ1) is 6.37. The third-order valence-electron chi connectivity index (χ3n) is 2.65. The molecular formula is C14H26. The van der Waals surface area contributed by atoms with Crippen LogP contribution < -0.4 is 0 Å². The van der Waals surface area contributed by atoms with Gasteiger partial charge in [-0.3, -0.25) is 0 Å². The predicted molar refractivity (Wildman–Crippen MR) is 66.5 cm³/mol. The molecule has 82 valence electrons. The lowest BCUT2D eigenvalue weighted by Crippen LogP contribution is -2.14. The molecule has 0 aliphatic heterocycles. The van der Waals surface area contributed by atoms with Crippen LogP contribution in [0.1, 0.15) is 60.8 Å². The zero-order valence-corrected chi connectivity index (χ0v) is 10.8. The molecule has 1 aliphatic rings. The molecule has 0 spiro atoms. The molecule has 0 aromatic heterocycles. The number of hydrogen-bond donors (Lipinski definition) is 0. The van der Waals surface area contributed by atoms with Crippen LogP contribution in [0.2, 0.25) is 0 Å². The molecule has 0 nitrogen and oxygen atoms in total. The van der Waals surface area contributed by atoms with Crippen LogP contribution in [0.5, 0.6) is 0 Å². The van der Waals surface area contributed by atoms with E-state index in [1.54, 1.807) is 5.57 Å². The van der Waals surface area contributed by atoms with Crippen LogP contribution in [0.4, 0.5) is 0 Å². The molecule has 0 N–H and O–H groups in total. The molecule has 0 saturated heterocycles. The minimum atomic E-state index is 0.582. The average Bonchev–Trinajstić information content (AvgIpc) is 2.02. The highest BCUT2D eigenvalue weighted by Gasteiger charge is 2.20. The lowest BCUT2D eigenvalue weighted by molar-refractivity contribution is 0.320. The lowest BCUT2D eigenvalue weighted by atomic mass is 9.78. The van der Waals surface area contributed by atoms with Gasteiger partial charge in [-0.1, -0.05) is 37.1 Å². The summed E-state index contributed by atoms with van der Waals surface area (Å²) in [6, 6.07) is 0. The first-order valence-electron chi connectivity index (χ1n) is 5.62. The van der Waals surface area contributed by atoms with Crippen molar-refractivity contribution in [1.82, 2.24) is 0 Å². The van der Waals surface area contributed by atoms with Gasteiger partial charge < -0.3 is 0 Å². The summed E-state index contributed by atoms with van der Waals surface area (Å²) in [6.07, 6.45) is 8.40. The summed E-state index contributed by atoms with van der Waals surface area (Å²) >= 11 is 0. The van der Waals surface area contributed by atoms with E-state index in [1.807, 2.05) is 6.92 Å². The molecule has 1 aliphatic carbocycles. The normalized spacial score (nSPS) is 18.9. The number of rotatable bonds is 0. The fourth-order valence-electron chi connectivity index (χ4n) is 1.62. The highest BCUT2D eigenvalue weighted by Crippen LogP contribution is 2.34. The van der Waals surface area contributed by atoms with E-state index in [2.05, 4.69) is 46.8 Å². The zero-order chi connectivity index (χ0) is 11.2. The van der Waals surface area contributed by atoms with Gasteiger partial charge in [0.25, 0.3) is 0 Å². The van der Waals surface area contributed by atoms with Gasteiger partial charge >= 0.3 is 0 Å². The zero-order valence-electron chi connectivity index (χ0n) is 10.8. The standard InChI is InChI=1S/C9H16.C5H10/c1-8-5-4-6-9(2,3)7-8;1-4-5(2)3/h5H,4,6-7H2,1-3H3;4H,1-3H3. The fraction of sp³-hybridized carbons (Fsp3) is 0.714. The van der Waals surface area contributed by atoms with Crippen LogP contribution in [0, 0.1) is 5.41 Å². The van der Waals surface area contributed by atoms with Crippen LogP contribution in [-0.2, 0) is 0 Å². The van der Waals surface area contributed by atoms with E-state index < -0.39 is 0 Å². The van der Waals surface area contributed by atoms with Gasteiger partial charge in [-0.25, -0.2) is 0 Å². The van der Waals surface area contributed by atoms with Gasteiger partial charge in [0.15, 0.2) is 0 Å². The molecule has 14 heavy (non-hydrogen) atoms. The molecule has 0 heteroatoms. The van der Waals surface area contributed by atoms with Gasteiger partial charge in [-0.15, -0.1) is 0 Å². The quantitative estimate of drug-likeness (QED) is 0.470. The van der Waals surface area contributed by atoms with Crippen molar-refractivity contribution < 1.29 is 0 Å². The second-order valence-electron chi connectivity index (χ2n) is 5.30. The molecule has 0 saturated carbocycles. The predicted octanol–water partition coefficient (Wildman–Crippen LogP) is 5.12. The van der Waals surface area contributed by atoms with Crippen molar-refractivity contribution in [2.24, 2.45) is 5.41 Å². The summed E-state index contributed by atoms with van der Waals surface area (Å²) < 4.78 is 0. The summed E-state index contributed by atoms with van der Waals surface area (Å²) in [6.45, 7) is 13.1. The Morgan fingerprint density at radius 2 is 1.86 bits per heavy atom. The molecule has 0 amide bonds. The minimum absolute atomic E-state index is 0.582. The topological polar surface area (TPSA) is 0 Å². The van der Waals surface area contributed by atoms with Crippen molar-refractivity contribution in [1.29, 1.82) is 0 Å². The first kappa shape index (κ1) is 13.5. The monoisotopic (exact) mass is 194 g/mol. The van der Waals surface area contributed by atoms with Gasteiger partial charge in [0.05, 0.1) is 0 Å². The molecular weight excluding hydrogens is 168 g/mol. The molecule has 1 rings (SSSR count). The maximum atomic E-state index is 2.37. The average molecular weight is 194 g/mol. The van der Waals surface area contributed by atoms with Crippen molar-refractivity contribution in [3.05, 3.63) is 23.3 Å². The molecule has 0 unspecified atom stereocenters. The van der Waals surface area contributed by atoms with E-state index in [1.165, 1.54) is 24.8 Å². The Labute approximate surface area is 90.1 Å². The van der Waals surface area contributed by atoms with E-state index in [9.17, 15) is 0 Å². The van der Waals surface area contributed by atoms with E-state index >= 15 is 0 Å². The van der Waals surface area contributed by atoms with Gasteiger partial charge in [-0.05, 0) is 52.4 Å². The molecule has 0 atom stereocenters. The van der Waals surface area contributed by atoms with Crippen molar-refractivity contribution in [3.8, 4) is 0 Å². The highest BCUT2D eigenvalue weighted by molar-refractivity contribution is 5.05. The largest absolute Gasteiger partial charge is 0.0890 e. The Balaban J connectivity index is 0.000000292. The molecule has 0 fully saturated rings. The van der Waals surface area contributed by atoms with Crippen LogP contribution in [0.3, 0.4) is 0 Å². The van der Waals surface area contributed by atoms with E-state index in [4.69, 9.17) is 0 Å². The maximum Gasteiger partial charge on any atom is -0.0271 e. The summed E-state index contributed by atoms with van der Waals surface area (Å²) in [5.74, 6) is 0. The van der Waals surface area contributed by atoms with Crippen molar-refractivity contribution in [2.75, 3.05) is 0 Å². The van der Waals surface area contributed by atoms with Crippen molar-refractivity contribution in [3.63, 3.8) is 0 Å². The molecule has 0 heterocycles. The second-order valence-corrected chi connectivity index (χ2v) is 5.30. The Hall–Kier alpha value is -0.520. The first-order valence-corrected chi connectivity index (χ1v) is 5.62. The van der Waals surface area contributed by atoms with Crippen molar-refractivity contribution in [2.45, 2.75) is 60.8 Å². The summed E-state index contributed by atoms with van der Waals surface area (Å²) in [5, 5.41) is 0. The third kappa shape index (κ3) is 6.94. The number of allylic oxidation sites excluding steroid dienone is 4. The summed E-state index contributed by atoms with van der Waals surface area (Å²) in [5.41, 5.74) is 3.54. The molecule has 0 radical (unpaired) electrons. The van der Waals surface area contributed by atoms with Gasteiger partial charge in [0.2, 0.25) is 0 Å². The highest BCUT2D eigenvalue weighted by atomic mass is 14.2. The minimum Gasteiger partial charge on any atom is -0.0890 e. The Morgan fingerprint density at radius 1 is 1.36 bits per heavy atom. The fourth-order valence-corrected chi connectivity index (χ4v) is 1.62. The molecule has 0 aromatic rings. The van der Waals surface area contributed by atoms with Gasteiger partial charge in [0, 0.05) is 0 Å². The van der Waals surface area contributed by atoms with Crippen LogP contribution in [0.15, 0.2) is 23.3 Å². The van der Waals surface area contributed by atoms with Crippen LogP contribution >= 0.6 is 0 Å². The summed E-state index contributed by atoms with van der Waals surface area (Å²) in [7, 11) is 0. The van der Waals surface area contributed by atoms with E-state index in [-0.39, 0.29) is 0 Å². The van der Waals surface area contributed by atoms with Crippen molar-refractivity contribution >= 4 is 0 Å². The summed E-state index contributed by atoms with van der Waals surface area (Å²) in [4.78, 5) is 0.